The van der Waals surface area contributed by atoms with Gasteiger partial charge in [0.15, 0.2) is 8.32 Å². The van der Waals surface area contributed by atoms with Gasteiger partial charge in [0, 0.05) is 49.0 Å². The summed E-state index contributed by atoms with van der Waals surface area (Å²) in [5, 5.41) is 17.1. The van der Waals surface area contributed by atoms with Gasteiger partial charge in [-0.3, -0.25) is 0 Å². The fraction of sp³-hybridized carbons (Fsp3) is 0.529. The summed E-state index contributed by atoms with van der Waals surface area (Å²) in [5.41, 5.74) is 6.57. The predicted octanol–water partition coefficient (Wildman–Crippen LogP) is 6.95. The first-order chi connectivity index (χ1) is 20.7. The van der Waals surface area contributed by atoms with E-state index in [-0.39, 0.29) is 16.6 Å². The lowest BCUT2D eigenvalue weighted by atomic mass is 9.83. The Morgan fingerprint density at radius 3 is 2.57 bits per heavy atom. The Bertz CT molecular complexity index is 1570. The third-order valence-electron chi connectivity index (χ3n) is 9.62. The van der Waals surface area contributed by atoms with Gasteiger partial charge in [-0.25, -0.2) is 15.0 Å². The maximum absolute atomic E-state index is 10.1. The topological polar surface area (TPSA) is 108 Å². The molecule has 3 aromatic rings. The number of ether oxygens (including phenoxy) is 1. The summed E-state index contributed by atoms with van der Waals surface area (Å²) in [6.07, 6.45) is 3.95. The molecule has 1 aromatic carbocycles. The Kier molecular flexibility index (Phi) is 8.77. The molecule has 0 radical (unpaired) electrons. The van der Waals surface area contributed by atoms with E-state index in [0.29, 0.717) is 24.0 Å². The van der Waals surface area contributed by atoms with E-state index in [1.807, 2.05) is 32.0 Å². The highest BCUT2D eigenvalue weighted by Crippen LogP contribution is 2.44. The number of benzene rings is 1. The third-order valence-corrected chi connectivity index (χ3v) is 14.1. The lowest BCUT2D eigenvalue weighted by Crippen LogP contribution is -2.45. The van der Waals surface area contributed by atoms with Crippen LogP contribution in [-0.4, -0.2) is 67.6 Å². The largest absolute Gasteiger partial charge is 0.474 e. The number of piperidine rings is 1. The van der Waals surface area contributed by atoms with E-state index >= 15 is 0 Å². The van der Waals surface area contributed by atoms with Gasteiger partial charge in [0.2, 0.25) is 11.8 Å². The number of rotatable bonds is 8. The minimum atomic E-state index is -1.95. The van der Waals surface area contributed by atoms with Gasteiger partial charge in [0.1, 0.15) is 12.2 Å². The molecule has 0 aliphatic carbocycles. The van der Waals surface area contributed by atoms with Crippen molar-refractivity contribution in [3.8, 4) is 23.2 Å². The zero-order chi connectivity index (χ0) is 31.9. The monoisotopic (exact) mass is 613 g/mol. The number of hydrogen-bond acceptors (Lipinski definition) is 9. The highest BCUT2D eigenvalue weighted by Gasteiger charge is 2.42. The van der Waals surface area contributed by atoms with E-state index in [1.165, 1.54) is 0 Å². The van der Waals surface area contributed by atoms with Gasteiger partial charge in [-0.1, -0.05) is 27.7 Å². The number of hydrogen-bond donors (Lipinski definition) is 2. The molecule has 2 aliphatic rings. The molecule has 1 saturated heterocycles. The number of nitrogens with zero attached hydrogens (tertiary/aromatic N) is 5. The van der Waals surface area contributed by atoms with Gasteiger partial charge in [0.05, 0.1) is 28.3 Å². The third kappa shape index (κ3) is 6.60. The zero-order valence-corrected chi connectivity index (χ0v) is 28.8. The van der Waals surface area contributed by atoms with E-state index in [4.69, 9.17) is 19.1 Å². The molecule has 10 heteroatoms. The van der Waals surface area contributed by atoms with Crippen LogP contribution in [0.15, 0.2) is 30.5 Å². The van der Waals surface area contributed by atoms with Crippen LogP contribution in [0.3, 0.4) is 0 Å². The van der Waals surface area contributed by atoms with Gasteiger partial charge in [0.25, 0.3) is 0 Å². The van der Waals surface area contributed by atoms with Gasteiger partial charge < -0.3 is 24.7 Å². The molecule has 1 fully saturated rings. The maximum Gasteiger partial charge on any atom is 0.227 e. The van der Waals surface area contributed by atoms with E-state index < -0.39 is 8.32 Å². The second-order valence-corrected chi connectivity index (χ2v) is 19.1. The van der Waals surface area contributed by atoms with Crippen LogP contribution in [0.1, 0.15) is 62.9 Å². The summed E-state index contributed by atoms with van der Waals surface area (Å²) in [6.45, 7) is 20.9. The van der Waals surface area contributed by atoms with Crippen LogP contribution in [-0.2, 0) is 9.84 Å². The van der Waals surface area contributed by atoms with Crippen molar-refractivity contribution in [1.29, 1.82) is 5.26 Å². The van der Waals surface area contributed by atoms with E-state index in [2.05, 4.69) is 80.5 Å². The average Bonchev–Trinajstić information content (AvgIpc) is 3.31. The first-order valence-corrected chi connectivity index (χ1v) is 18.5. The fourth-order valence-electron chi connectivity index (χ4n) is 5.50. The minimum absolute atomic E-state index is 0.120. The molecule has 2 N–H and O–H groups in total. The smallest absolute Gasteiger partial charge is 0.227 e. The second kappa shape index (κ2) is 12.1. The van der Waals surface area contributed by atoms with Crippen molar-refractivity contribution in [3.05, 3.63) is 52.8 Å². The minimum Gasteiger partial charge on any atom is -0.474 e. The molecule has 0 unspecified atom stereocenters. The van der Waals surface area contributed by atoms with Crippen LogP contribution in [0.5, 0.6) is 5.88 Å². The van der Waals surface area contributed by atoms with Crippen molar-refractivity contribution >= 4 is 25.6 Å². The molecular weight excluding hydrogens is 567 g/mol. The number of aromatic nitrogens is 3. The van der Waals surface area contributed by atoms with Crippen molar-refractivity contribution in [1.82, 2.24) is 19.9 Å². The van der Waals surface area contributed by atoms with E-state index in [1.54, 1.807) is 6.20 Å². The number of fused-ring (bicyclic) bond motifs is 1. The van der Waals surface area contributed by atoms with Crippen LogP contribution in [0.2, 0.25) is 18.1 Å². The highest BCUT2D eigenvalue weighted by molar-refractivity contribution is 6.74. The number of nitriles is 1. The summed E-state index contributed by atoms with van der Waals surface area (Å²) < 4.78 is 13.0. The molecular formula is C34H47N7O2Si. The Labute approximate surface area is 263 Å². The normalized spacial score (nSPS) is 19.3. The highest BCUT2D eigenvalue weighted by atomic mass is 28.4. The zero-order valence-electron chi connectivity index (χ0n) is 27.8. The summed E-state index contributed by atoms with van der Waals surface area (Å²) in [6, 6.07) is 10.4. The molecule has 0 bridgehead atoms. The second-order valence-electron chi connectivity index (χ2n) is 14.3. The number of anilines is 3. The molecule has 4 heterocycles. The van der Waals surface area contributed by atoms with Crippen LogP contribution in [0, 0.1) is 25.2 Å². The van der Waals surface area contributed by atoms with Crippen molar-refractivity contribution in [2.75, 3.05) is 43.9 Å². The molecule has 0 amide bonds. The standard InChI is InChI=1S/C34H47N7O2Si/c1-22-16-29(23(2)38-31(22)43-26-11-14-41(7)15-12-26)40-32-36-13-10-28(39-32)24-17-25(19-35)30-27(18-24)34(6,20-37-30)21-42-44(8,9)33(3,4)5/h10,13,16-18,26,37H,11-12,14-15,20-21H2,1-9H3,(H,36,39,40)/t34-/m1/s1. The molecule has 234 valence electrons. The molecule has 0 spiro atoms. The Balaban J connectivity index is 1.38. The van der Waals surface area contributed by atoms with Crippen molar-refractivity contribution < 1.29 is 9.16 Å². The van der Waals surface area contributed by atoms with Crippen molar-refractivity contribution in [2.45, 2.75) is 84.0 Å². The van der Waals surface area contributed by atoms with Crippen LogP contribution >= 0.6 is 0 Å². The fourth-order valence-corrected chi connectivity index (χ4v) is 6.61. The van der Waals surface area contributed by atoms with Crippen molar-refractivity contribution in [2.24, 2.45) is 0 Å². The van der Waals surface area contributed by atoms with Gasteiger partial charge in [-0.15, -0.1) is 0 Å². The quantitative estimate of drug-likeness (QED) is 0.261. The number of nitrogens with one attached hydrogen (secondary N) is 2. The summed E-state index contributed by atoms with van der Waals surface area (Å²) in [7, 11) is 0.199. The number of pyridine rings is 1. The van der Waals surface area contributed by atoms with E-state index in [0.717, 1.165) is 71.9 Å². The molecule has 5 rings (SSSR count). The van der Waals surface area contributed by atoms with Gasteiger partial charge in [-0.05, 0) is 81.7 Å². The maximum atomic E-state index is 10.1. The molecule has 44 heavy (non-hydrogen) atoms. The van der Waals surface area contributed by atoms with Crippen LogP contribution in [0.4, 0.5) is 17.3 Å². The van der Waals surface area contributed by atoms with Crippen LogP contribution in [0.25, 0.3) is 11.3 Å². The van der Waals surface area contributed by atoms with Crippen molar-refractivity contribution in [3.63, 3.8) is 0 Å². The Morgan fingerprint density at radius 1 is 1.16 bits per heavy atom. The van der Waals surface area contributed by atoms with Gasteiger partial charge in [-0.2, -0.15) is 5.26 Å². The number of likely N-dealkylation sites (tertiary alicyclic amines) is 1. The SMILES string of the molecule is Cc1cc(Nc2nccc(-c3cc(C#N)c4c(c3)[C@@](C)(CO[Si](C)(C)C(C)(C)C)CN4)n2)c(C)nc1OC1CCN(C)CC1. The Morgan fingerprint density at radius 2 is 1.89 bits per heavy atom. The number of aryl methyl sites for hydroxylation is 2. The molecule has 2 aromatic heterocycles. The van der Waals surface area contributed by atoms with Gasteiger partial charge >= 0.3 is 0 Å². The lowest BCUT2D eigenvalue weighted by Gasteiger charge is -2.39. The summed E-state index contributed by atoms with van der Waals surface area (Å²) >= 11 is 0. The summed E-state index contributed by atoms with van der Waals surface area (Å²) in [4.78, 5) is 16.5. The average molecular weight is 614 g/mol. The molecule has 9 nitrogen and oxygen atoms in total. The van der Waals surface area contributed by atoms with Crippen LogP contribution < -0.4 is 15.4 Å². The first kappa shape index (κ1) is 31.9. The predicted molar refractivity (Wildman–Crippen MR) is 179 cm³/mol. The Hall–Kier alpha value is -3.52. The molecule has 0 saturated carbocycles. The lowest BCUT2D eigenvalue weighted by molar-refractivity contribution is 0.109. The van der Waals surface area contributed by atoms with E-state index in [9.17, 15) is 5.26 Å². The molecule has 2 aliphatic heterocycles. The first-order valence-electron chi connectivity index (χ1n) is 15.6. The summed E-state index contributed by atoms with van der Waals surface area (Å²) in [5.74, 6) is 1.16. The molecule has 1 atom stereocenters.